The lowest BCUT2D eigenvalue weighted by molar-refractivity contribution is 0.853. The van der Waals surface area contributed by atoms with Crippen LogP contribution in [0.4, 0.5) is 0 Å². The summed E-state index contributed by atoms with van der Waals surface area (Å²) in [6, 6.07) is 1.89. The maximum atomic E-state index is 5.60. The Bertz CT molecular complexity index is 438. The molecule has 0 saturated heterocycles. The van der Waals surface area contributed by atoms with Crippen molar-refractivity contribution in [3.8, 4) is 5.69 Å². The van der Waals surface area contributed by atoms with Crippen molar-refractivity contribution in [1.82, 2.24) is 14.8 Å². The van der Waals surface area contributed by atoms with Crippen LogP contribution in [0.15, 0.2) is 35.3 Å². The Kier molecular flexibility index (Phi) is 2.60. The Labute approximate surface area is 89.9 Å². The molecular formula is C9H9BrN4. The summed E-state index contributed by atoms with van der Waals surface area (Å²) < 4.78 is 2.71. The number of nitrogens with two attached hydrogens (primary N) is 1. The first-order chi connectivity index (χ1) is 6.81. The summed E-state index contributed by atoms with van der Waals surface area (Å²) in [5.74, 6) is 0. The highest BCUT2D eigenvalue weighted by Gasteiger charge is 2.03. The topological polar surface area (TPSA) is 56.7 Å². The van der Waals surface area contributed by atoms with Gasteiger partial charge in [0.1, 0.15) is 0 Å². The van der Waals surface area contributed by atoms with Crippen LogP contribution < -0.4 is 5.73 Å². The Morgan fingerprint density at radius 1 is 1.43 bits per heavy atom. The molecule has 2 aromatic heterocycles. The van der Waals surface area contributed by atoms with Gasteiger partial charge in [-0.2, -0.15) is 5.10 Å². The average molecular weight is 253 g/mol. The summed E-state index contributed by atoms with van der Waals surface area (Å²) in [5.41, 5.74) is 7.54. The first-order valence-electron chi connectivity index (χ1n) is 4.15. The van der Waals surface area contributed by atoms with Gasteiger partial charge in [-0.15, -0.1) is 0 Å². The fourth-order valence-corrected chi connectivity index (χ4v) is 1.52. The molecule has 0 aliphatic carbocycles. The normalized spacial score (nSPS) is 10.4. The van der Waals surface area contributed by atoms with Gasteiger partial charge in [0.25, 0.3) is 0 Å². The van der Waals surface area contributed by atoms with E-state index in [1.54, 1.807) is 23.3 Å². The van der Waals surface area contributed by atoms with Crippen LogP contribution in [-0.4, -0.2) is 14.8 Å². The van der Waals surface area contributed by atoms with Crippen molar-refractivity contribution in [3.05, 3.63) is 40.9 Å². The smallest absolute Gasteiger partial charge is 0.0721 e. The average Bonchev–Trinajstić information content (AvgIpc) is 2.65. The number of nitrogens with zero attached hydrogens (tertiary/aromatic N) is 3. The van der Waals surface area contributed by atoms with Crippen LogP contribution in [0, 0.1) is 0 Å². The highest BCUT2D eigenvalue weighted by atomic mass is 79.9. The minimum atomic E-state index is 0.459. The van der Waals surface area contributed by atoms with Crippen molar-refractivity contribution >= 4 is 15.9 Å². The number of aromatic nitrogens is 3. The van der Waals surface area contributed by atoms with Gasteiger partial charge in [0, 0.05) is 30.7 Å². The Balaban J connectivity index is 2.50. The first kappa shape index (κ1) is 9.36. The molecule has 14 heavy (non-hydrogen) atoms. The zero-order valence-electron chi connectivity index (χ0n) is 7.39. The van der Waals surface area contributed by atoms with Gasteiger partial charge in [0.15, 0.2) is 0 Å². The third kappa shape index (κ3) is 1.69. The predicted octanol–water partition coefficient (Wildman–Crippen LogP) is 1.49. The van der Waals surface area contributed by atoms with Crippen LogP contribution in [0.1, 0.15) is 5.56 Å². The van der Waals surface area contributed by atoms with E-state index < -0.39 is 0 Å². The number of pyridine rings is 1. The third-order valence-corrected chi connectivity index (χ3v) is 2.31. The minimum absolute atomic E-state index is 0.459. The molecule has 0 amide bonds. The number of hydrogen-bond donors (Lipinski definition) is 1. The molecule has 2 rings (SSSR count). The maximum Gasteiger partial charge on any atom is 0.0721 e. The zero-order chi connectivity index (χ0) is 9.97. The van der Waals surface area contributed by atoms with Crippen molar-refractivity contribution in [2.24, 2.45) is 5.73 Å². The molecule has 0 aliphatic rings. The molecule has 0 radical (unpaired) electrons. The Morgan fingerprint density at radius 2 is 2.29 bits per heavy atom. The van der Waals surface area contributed by atoms with Gasteiger partial charge in [-0.1, -0.05) is 0 Å². The lowest BCUT2D eigenvalue weighted by atomic mass is 10.2. The van der Waals surface area contributed by atoms with Crippen LogP contribution in [0.25, 0.3) is 5.69 Å². The van der Waals surface area contributed by atoms with Crippen LogP contribution in [-0.2, 0) is 6.54 Å². The second-order valence-corrected chi connectivity index (χ2v) is 3.73. The molecule has 0 spiro atoms. The van der Waals surface area contributed by atoms with E-state index in [0.717, 1.165) is 15.7 Å². The molecule has 0 aliphatic heterocycles. The predicted molar refractivity (Wildman–Crippen MR) is 57.0 cm³/mol. The van der Waals surface area contributed by atoms with E-state index in [9.17, 15) is 0 Å². The lowest BCUT2D eigenvalue weighted by Gasteiger charge is -2.05. The molecule has 72 valence electrons. The number of hydrogen-bond acceptors (Lipinski definition) is 3. The SMILES string of the molecule is NCc1cnccc1-n1cc(Br)cn1. The van der Waals surface area contributed by atoms with E-state index >= 15 is 0 Å². The van der Waals surface area contributed by atoms with Crippen molar-refractivity contribution in [2.45, 2.75) is 6.54 Å². The van der Waals surface area contributed by atoms with Crippen LogP contribution in [0.3, 0.4) is 0 Å². The quantitative estimate of drug-likeness (QED) is 0.882. The van der Waals surface area contributed by atoms with E-state index in [2.05, 4.69) is 26.0 Å². The molecule has 0 saturated carbocycles. The molecule has 2 heterocycles. The zero-order valence-corrected chi connectivity index (χ0v) is 8.98. The lowest BCUT2D eigenvalue weighted by Crippen LogP contribution is -2.05. The van der Waals surface area contributed by atoms with Gasteiger partial charge in [-0.25, -0.2) is 4.68 Å². The number of rotatable bonds is 2. The molecule has 0 fully saturated rings. The summed E-state index contributed by atoms with van der Waals surface area (Å²) in [7, 11) is 0. The molecule has 5 heteroatoms. The monoisotopic (exact) mass is 252 g/mol. The second-order valence-electron chi connectivity index (χ2n) is 2.81. The van der Waals surface area contributed by atoms with E-state index in [-0.39, 0.29) is 0 Å². The summed E-state index contributed by atoms with van der Waals surface area (Å²) in [6.45, 7) is 0.459. The molecule has 0 atom stereocenters. The summed E-state index contributed by atoms with van der Waals surface area (Å²) in [5, 5.41) is 4.18. The van der Waals surface area contributed by atoms with Crippen molar-refractivity contribution in [3.63, 3.8) is 0 Å². The van der Waals surface area contributed by atoms with Gasteiger partial charge in [-0.3, -0.25) is 4.98 Å². The van der Waals surface area contributed by atoms with Gasteiger partial charge in [0.05, 0.1) is 16.4 Å². The highest BCUT2D eigenvalue weighted by Crippen LogP contribution is 2.14. The van der Waals surface area contributed by atoms with Gasteiger partial charge in [-0.05, 0) is 22.0 Å². The fourth-order valence-electron chi connectivity index (χ4n) is 1.23. The van der Waals surface area contributed by atoms with Crippen molar-refractivity contribution in [2.75, 3.05) is 0 Å². The molecule has 0 bridgehead atoms. The minimum Gasteiger partial charge on any atom is -0.326 e. The summed E-state index contributed by atoms with van der Waals surface area (Å²) >= 11 is 3.35. The van der Waals surface area contributed by atoms with Crippen LogP contribution >= 0.6 is 15.9 Å². The molecule has 0 unspecified atom stereocenters. The third-order valence-electron chi connectivity index (χ3n) is 1.90. The van der Waals surface area contributed by atoms with Gasteiger partial charge in [0.2, 0.25) is 0 Å². The van der Waals surface area contributed by atoms with Crippen molar-refractivity contribution < 1.29 is 0 Å². The largest absolute Gasteiger partial charge is 0.326 e. The van der Waals surface area contributed by atoms with E-state index in [0.29, 0.717) is 6.54 Å². The van der Waals surface area contributed by atoms with Crippen molar-refractivity contribution in [1.29, 1.82) is 0 Å². The van der Waals surface area contributed by atoms with Gasteiger partial charge < -0.3 is 5.73 Å². The Hall–Kier alpha value is -1.20. The summed E-state index contributed by atoms with van der Waals surface area (Å²) in [6.07, 6.45) is 7.10. The van der Waals surface area contributed by atoms with E-state index in [4.69, 9.17) is 5.73 Å². The molecule has 0 aromatic carbocycles. The standard InChI is InChI=1S/C9H9BrN4/c10-8-5-13-14(6-8)9-1-2-12-4-7(9)3-11/h1-2,4-6H,3,11H2. The fraction of sp³-hybridized carbons (Fsp3) is 0.111. The van der Waals surface area contributed by atoms with Gasteiger partial charge >= 0.3 is 0 Å². The molecular weight excluding hydrogens is 244 g/mol. The molecule has 4 nitrogen and oxygen atoms in total. The Morgan fingerprint density at radius 3 is 2.93 bits per heavy atom. The van der Waals surface area contributed by atoms with E-state index in [1.807, 2.05) is 12.3 Å². The highest BCUT2D eigenvalue weighted by molar-refractivity contribution is 9.10. The van der Waals surface area contributed by atoms with Crippen LogP contribution in [0.5, 0.6) is 0 Å². The maximum absolute atomic E-state index is 5.60. The second kappa shape index (κ2) is 3.89. The van der Waals surface area contributed by atoms with E-state index in [1.165, 1.54) is 0 Å². The molecule has 2 N–H and O–H groups in total. The summed E-state index contributed by atoms with van der Waals surface area (Å²) in [4.78, 5) is 4.02. The number of halogens is 1. The first-order valence-corrected chi connectivity index (χ1v) is 4.94. The molecule has 2 aromatic rings. The van der Waals surface area contributed by atoms with Crippen LogP contribution in [0.2, 0.25) is 0 Å².